The van der Waals surface area contributed by atoms with E-state index in [0.717, 1.165) is 41.1 Å². The molecule has 1 aliphatic carbocycles. The molecule has 2 aromatic carbocycles. The summed E-state index contributed by atoms with van der Waals surface area (Å²) >= 11 is 0. The second kappa shape index (κ2) is 8.97. The largest absolute Gasteiger partial charge is 0.481 e. The number of rotatable bonds is 7. The van der Waals surface area contributed by atoms with Gasteiger partial charge in [-0.1, -0.05) is 52.3 Å². The van der Waals surface area contributed by atoms with E-state index < -0.39 is 5.97 Å². The van der Waals surface area contributed by atoms with Gasteiger partial charge in [-0.3, -0.25) is 4.79 Å². The number of nitrogens with one attached hydrogen (secondary N) is 1. The Balaban J connectivity index is 1.72. The van der Waals surface area contributed by atoms with E-state index in [-0.39, 0.29) is 6.42 Å². The van der Waals surface area contributed by atoms with Crippen molar-refractivity contribution in [3.05, 3.63) is 53.6 Å². The predicted octanol–water partition coefficient (Wildman–Crippen LogP) is 7.06. The van der Waals surface area contributed by atoms with E-state index in [1.165, 1.54) is 18.4 Å². The minimum absolute atomic E-state index is 0.135. The first-order valence-corrected chi connectivity index (χ1v) is 11.8. The average Bonchev–Trinajstić information content (AvgIpc) is 3.08. The smallest absolute Gasteiger partial charge is 0.303 e. The lowest BCUT2D eigenvalue weighted by Crippen LogP contribution is -2.25. The van der Waals surface area contributed by atoms with Crippen molar-refractivity contribution in [1.29, 1.82) is 0 Å². The van der Waals surface area contributed by atoms with Gasteiger partial charge in [-0.15, -0.1) is 0 Å². The van der Waals surface area contributed by atoms with Crippen LogP contribution >= 0.6 is 0 Å². The van der Waals surface area contributed by atoms with Crippen LogP contribution in [-0.2, 0) is 11.2 Å². The van der Waals surface area contributed by atoms with Gasteiger partial charge in [-0.05, 0) is 72.4 Å². The number of imidazole rings is 1. The molecule has 3 aromatic rings. The fourth-order valence-corrected chi connectivity index (χ4v) is 4.97. The number of aromatic nitrogens is 2. The maximum Gasteiger partial charge on any atom is 0.303 e. The number of aliphatic carboxylic acids is 1. The minimum Gasteiger partial charge on any atom is -0.481 e. The lowest BCUT2D eigenvalue weighted by Gasteiger charge is -2.36. The van der Waals surface area contributed by atoms with Crippen LogP contribution < -0.4 is 5.32 Å². The van der Waals surface area contributed by atoms with Gasteiger partial charge in [-0.25, -0.2) is 4.98 Å². The molecule has 32 heavy (non-hydrogen) atoms. The molecule has 0 bridgehead atoms. The molecule has 1 fully saturated rings. The molecule has 5 nitrogen and oxygen atoms in total. The van der Waals surface area contributed by atoms with Gasteiger partial charge in [0.05, 0.1) is 11.0 Å². The van der Waals surface area contributed by atoms with Crippen molar-refractivity contribution in [2.45, 2.75) is 78.2 Å². The van der Waals surface area contributed by atoms with Gasteiger partial charge in [0.2, 0.25) is 5.95 Å². The van der Waals surface area contributed by atoms with Gasteiger partial charge in [0, 0.05) is 18.2 Å². The van der Waals surface area contributed by atoms with Gasteiger partial charge in [0.1, 0.15) is 0 Å². The normalized spacial score (nSPS) is 18.2. The Kier molecular flexibility index (Phi) is 6.27. The first-order chi connectivity index (χ1) is 15.2. The highest BCUT2D eigenvalue weighted by molar-refractivity contribution is 5.81. The maximum absolute atomic E-state index is 11.0. The summed E-state index contributed by atoms with van der Waals surface area (Å²) in [6, 6.07) is 15.2. The molecule has 1 heterocycles. The van der Waals surface area contributed by atoms with Crippen molar-refractivity contribution in [2.75, 3.05) is 5.32 Å². The standard InChI is InChI=1S/C27H35N3O2/c1-18(2)20-9-11-21(12-10-20)28-26-29-23-16-19(8-14-25(31)32)7-13-24(23)30(26)22-6-5-15-27(3,4)17-22/h7,9-13,16,18,22H,5-6,8,14-15,17H2,1-4H3,(H,28,29)(H,31,32)/t22-/m0/s1. The summed E-state index contributed by atoms with van der Waals surface area (Å²) in [5.74, 6) is 0.602. The Labute approximate surface area is 190 Å². The first-order valence-electron chi connectivity index (χ1n) is 11.8. The van der Waals surface area contributed by atoms with Gasteiger partial charge >= 0.3 is 5.97 Å². The molecule has 1 saturated carbocycles. The van der Waals surface area contributed by atoms with Crippen LogP contribution in [0.2, 0.25) is 0 Å². The molecule has 5 heteroatoms. The zero-order valence-corrected chi connectivity index (χ0v) is 19.7. The molecule has 0 spiro atoms. The number of nitrogens with zero attached hydrogens (tertiary/aromatic N) is 2. The van der Waals surface area contributed by atoms with Gasteiger partial charge < -0.3 is 15.0 Å². The molecular weight excluding hydrogens is 398 g/mol. The van der Waals surface area contributed by atoms with Crippen molar-refractivity contribution >= 4 is 28.6 Å². The monoisotopic (exact) mass is 433 g/mol. The number of hydrogen-bond acceptors (Lipinski definition) is 3. The molecule has 1 atom stereocenters. The molecule has 2 N–H and O–H groups in total. The van der Waals surface area contributed by atoms with Crippen LogP contribution in [0.5, 0.6) is 0 Å². The van der Waals surface area contributed by atoms with Gasteiger partial charge in [0.25, 0.3) is 0 Å². The summed E-state index contributed by atoms with van der Waals surface area (Å²) in [6.07, 6.45) is 5.41. The van der Waals surface area contributed by atoms with E-state index in [1.807, 2.05) is 0 Å². The van der Waals surface area contributed by atoms with E-state index in [4.69, 9.17) is 10.1 Å². The van der Waals surface area contributed by atoms with E-state index in [0.29, 0.717) is 23.8 Å². The fourth-order valence-electron chi connectivity index (χ4n) is 4.97. The van der Waals surface area contributed by atoms with Crippen LogP contribution in [0.25, 0.3) is 11.0 Å². The lowest BCUT2D eigenvalue weighted by atomic mass is 9.75. The van der Waals surface area contributed by atoms with Crippen LogP contribution in [0.1, 0.15) is 82.9 Å². The minimum atomic E-state index is -0.771. The maximum atomic E-state index is 11.0. The SMILES string of the molecule is CC(C)c1ccc(Nc2nc3cc(CCC(=O)O)ccc3n2[C@H]2CCCC(C)(C)C2)cc1. The van der Waals surface area contributed by atoms with Crippen molar-refractivity contribution in [3.8, 4) is 0 Å². The second-order valence-corrected chi connectivity index (χ2v) is 10.3. The van der Waals surface area contributed by atoms with Gasteiger partial charge in [0.15, 0.2) is 0 Å². The Morgan fingerprint density at radius 1 is 1.22 bits per heavy atom. The van der Waals surface area contributed by atoms with Crippen molar-refractivity contribution in [3.63, 3.8) is 0 Å². The highest BCUT2D eigenvalue weighted by atomic mass is 16.4. The third kappa shape index (κ3) is 4.98. The molecule has 1 aliphatic rings. The third-order valence-corrected chi connectivity index (χ3v) is 6.76. The molecule has 0 saturated heterocycles. The quantitative estimate of drug-likeness (QED) is 0.418. The molecule has 0 radical (unpaired) electrons. The van der Waals surface area contributed by atoms with Crippen LogP contribution in [0, 0.1) is 5.41 Å². The Morgan fingerprint density at radius 2 is 1.97 bits per heavy atom. The molecule has 0 unspecified atom stereocenters. The Hall–Kier alpha value is -2.82. The van der Waals surface area contributed by atoms with Crippen LogP contribution in [0.15, 0.2) is 42.5 Å². The van der Waals surface area contributed by atoms with Crippen LogP contribution in [-0.4, -0.2) is 20.6 Å². The second-order valence-electron chi connectivity index (χ2n) is 10.3. The number of carbonyl (C=O) groups is 1. The predicted molar refractivity (Wildman–Crippen MR) is 131 cm³/mol. The molecule has 4 rings (SSSR count). The molecule has 1 aromatic heterocycles. The van der Waals surface area contributed by atoms with E-state index in [1.54, 1.807) is 0 Å². The Morgan fingerprint density at radius 3 is 2.62 bits per heavy atom. The summed E-state index contributed by atoms with van der Waals surface area (Å²) in [4.78, 5) is 16.0. The third-order valence-electron chi connectivity index (χ3n) is 6.76. The number of fused-ring (bicyclic) bond motifs is 1. The van der Waals surface area contributed by atoms with E-state index >= 15 is 0 Å². The highest BCUT2D eigenvalue weighted by Crippen LogP contribution is 2.43. The van der Waals surface area contributed by atoms with Crippen LogP contribution in [0.3, 0.4) is 0 Å². The Bertz CT molecular complexity index is 1100. The summed E-state index contributed by atoms with van der Waals surface area (Å²) in [5.41, 5.74) is 5.73. The van der Waals surface area contributed by atoms with E-state index in [9.17, 15) is 4.79 Å². The summed E-state index contributed by atoms with van der Waals surface area (Å²) in [5, 5.41) is 12.6. The zero-order chi connectivity index (χ0) is 22.9. The number of anilines is 2. The first kappa shape index (κ1) is 22.4. The van der Waals surface area contributed by atoms with E-state index in [2.05, 4.69) is 80.0 Å². The fraction of sp³-hybridized carbons (Fsp3) is 0.481. The van der Waals surface area contributed by atoms with Gasteiger partial charge in [-0.2, -0.15) is 0 Å². The van der Waals surface area contributed by atoms with Crippen LogP contribution in [0.4, 0.5) is 11.6 Å². The molecule has 0 aliphatic heterocycles. The lowest BCUT2D eigenvalue weighted by molar-refractivity contribution is -0.136. The molecular formula is C27H35N3O2. The zero-order valence-electron chi connectivity index (χ0n) is 19.7. The topological polar surface area (TPSA) is 67.2 Å². The number of aryl methyl sites for hydroxylation is 1. The van der Waals surface area contributed by atoms with Crippen molar-refractivity contribution < 1.29 is 9.90 Å². The number of carboxylic acids is 1. The summed E-state index contributed by atoms with van der Waals surface area (Å²) in [7, 11) is 0. The summed E-state index contributed by atoms with van der Waals surface area (Å²) in [6.45, 7) is 9.13. The van der Waals surface area contributed by atoms with Crippen molar-refractivity contribution in [2.24, 2.45) is 5.41 Å². The number of carboxylic acid groups (broad SMARTS) is 1. The summed E-state index contributed by atoms with van der Waals surface area (Å²) < 4.78 is 2.38. The molecule has 0 amide bonds. The number of hydrogen-bond donors (Lipinski definition) is 2. The molecule has 170 valence electrons. The van der Waals surface area contributed by atoms with Crippen molar-refractivity contribution in [1.82, 2.24) is 9.55 Å². The average molecular weight is 434 g/mol. The highest BCUT2D eigenvalue weighted by Gasteiger charge is 2.31. The number of benzene rings is 2.